The second-order valence-electron chi connectivity index (χ2n) is 4.95. The normalized spacial score (nSPS) is 19.1. The molecule has 3 rings (SSSR count). The van der Waals surface area contributed by atoms with Crippen LogP contribution < -0.4 is 4.90 Å². The molecule has 0 N–H and O–H groups in total. The summed E-state index contributed by atoms with van der Waals surface area (Å²) < 4.78 is 7.07. The molecular weight excluding hydrogens is 316 g/mol. The molecule has 0 amide bonds. The fourth-order valence-corrected chi connectivity index (χ4v) is 3.09. The Morgan fingerprint density at radius 3 is 3.00 bits per heavy atom. The highest BCUT2D eigenvalue weighted by atomic mass is 79.9. The van der Waals surface area contributed by atoms with Gasteiger partial charge >= 0.3 is 0 Å². The van der Waals surface area contributed by atoms with Crippen molar-refractivity contribution in [3.8, 4) is 0 Å². The van der Waals surface area contributed by atoms with Crippen LogP contribution in [-0.2, 0) is 11.3 Å². The summed E-state index contributed by atoms with van der Waals surface area (Å²) in [5.41, 5.74) is 3.68. The highest BCUT2D eigenvalue weighted by Gasteiger charge is 2.20. The minimum atomic E-state index is 0.138. The van der Waals surface area contributed by atoms with Crippen molar-refractivity contribution in [2.24, 2.45) is 0 Å². The van der Waals surface area contributed by atoms with Gasteiger partial charge in [0.1, 0.15) is 0 Å². The third kappa shape index (κ3) is 2.72. The molecule has 0 bridgehead atoms. The van der Waals surface area contributed by atoms with Gasteiger partial charge in [-0.25, -0.2) is 0 Å². The first-order chi connectivity index (χ1) is 9.75. The molecule has 0 saturated carbocycles. The summed E-state index contributed by atoms with van der Waals surface area (Å²) >= 11 is 3.67. The van der Waals surface area contributed by atoms with Crippen molar-refractivity contribution in [2.75, 3.05) is 18.1 Å². The maximum absolute atomic E-state index is 5.93. The summed E-state index contributed by atoms with van der Waals surface area (Å²) in [5.74, 6) is 0. The number of fused-ring (bicyclic) bond motifs is 1. The SMILES string of the molecule is CC1OCCN(c2cccnc2)Cc2c(Br)cccc21. The number of rotatable bonds is 1. The smallest absolute Gasteiger partial charge is 0.0801 e. The van der Waals surface area contributed by atoms with Gasteiger partial charge in [0.05, 0.1) is 24.6 Å². The van der Waals surface area contributed by atoms with Gasteiger partial charge in [0.25, 0.3) is 0 Å². The predicted molar refractivity (Wildman–Crippen MR) is 83.8 cm³/mol. The number of halogens is 1. The second kappa shape index (κ2) is 5.94. The number of anilines is 1. The zero-order valence-electron chi connectivity index (χ0n) is 11.4. The summed E-state index contributed by atoms with van der Waals surface area (Å²) in [6, 6.07) is 10.4. The van der Waals surface area contributed by atoms with Gasteiger partial charge in [0, 0.05) is 23.8 Å². The van der Waals surface area contributed by atoms with E-state index in [0.717, 1.165) is 29.9 Å². The number of hydrogen-bond acceptors (Lipinski definition) is 3. The summed E-state index contributed by atoms with van der Waals surface area (Å²) in [7, 11) is 0. The number of benzene rings is 1. The average molecular weight is 333 g/mol. The van der Waals surface area contributed by atoms with Gasteiger partial charge in [0.2, 0.25) is 0 Å². The van der Waals surface area contributed by atoms with Crippen molar-refractivity contribution < 1.29 is 4.74 Å². The van der Waals surface area contributed by atoms with Crippen LogP contribution in [0, 0.1) is 0 Å². The first-order valence-electron chi connectivity index (χ1n) is 6.79. The van der Waals surface area contributed by atoms with Crippen molar-refractivity contribution in [1.82, 2.24) is 4.98 Å². The number of nitrogens with zero attached hydrogens (tertiary/aromatic N) is 2. The molecule has 0 saturated heterocycles. The first-order valence-corrected chi connectivity index (χ1v) is 7.59. The topological polar surface area (TPSA) is 25.4 Å². The van der Waals surface area contributed by atoms with Crippen molar-refractivity contribution in [2.45, 2.75) is 19.6 Å². The van der Waals surface area contributed by atoms with Crippen LogP contribution in [0.3, 0.4) is 0 Å². The lowest BCUT2D eigenvalue weighted by molar-refractivity contribution is 0.0672. The molecule has 1 atom stereocenters. The average Bonchev–Trinajstić information content (AvgIpc) is 2.46. The Morgan fingerprint density at radius 1 is 1.30 bits per heavy atom. The Bertz CT molecular complexity index is 588. The van der Waals surface area contributed by atoms with E-state index in [1.807, 2.05) is 12.3 Å². The van der Waals surface area contributed by atoms with E-state index in [4.69, 9.17) is 4.74 Å². The summed E-state index contributed by atoms with van der Waals surface area (Å²) in [5, 5.41) is 0. The van der Waals surface area contributed by atoms with Crippen LogP contribution in [0.4, 0.5) is 5.69 Å². The maximum Gasteiger partial charge on any atom is 0.0801 e. The maximum atomic E-state index is 5.93. The van der Waals surface area contributed by atoms with Crippen LogP contribution in [0.1, 0.15) is 24.2 Å². The quantitative estimate of drug-likeness (QED) is 0.790. The van der Waals surface area contributed by atoms with Crippen LogP contribution >= 0.6 is 15.9 Å². The first kappa shape index (κ1) is 13.6. The van der Waals surface area contributed by atoms with Crippen LogP contribution in [0.2, 0.25) is 0 Å². The molecule has 1 aromatic heterocycles. The van der Waals surface area contributed by atoms with E-state index >= 15 is 0 Å². The van der Waals surface area contributed by atoms with Gasteiger partial charge < -0.3 is 9.64 Å². The number of hydrogen-bond donors (Lipinski definition) is 0. The van der Waals surface area contributed by atoms with Gasteiger partial charge in [-0.3, -0.25) is 4.98 Å². The van der Waals surface area contributed by atoms with Gasteiger partial charge in [-0.15, -0.1) is 0 Å². The second-order valence-corrected chi connectivity index (χ2v) is 5.81. The molecule has 2 aromatic rings. The monoisotopic (exact) mass is 332 g/mol. The molecule has 1 aliphatic rings. The molecule has 104 valence electrons. The standard InChI is InChI=1S/C16H17BrN2O/c1-12-14-5-2-6-16(17)15(14)11-19(8-9-20-12)13-4-3-7-18-10-13/h2-7,10,12H,8-9,11H2,1H3. The molecule has 1 aromatic carbocycles. The molecule has 4 heteroatoms. The Kier molecular flexibility index (Phi) is 4.03. The molecule has 1 aliphatic heterocycles. The third-order valence-corrected chi connectivity index (χ3v) is 4.43. The molecule has 0 radical (unpaired) electrons. The van der Waals surface area contributed by atoms with E-state index < -0.39 is 0 Å². The molecule has 0 aliphatic carbocycles. The number of ether oxygens (including phenoxy) is 1. The van der Waals surface area contributed by atoms with Crippen molar-refractivity contribution in [3.63, 3.8) is 0 Å². The van der Waals surface area contributed by atoms with E-state index in [9.17, 15) is 0 Å². The summed E-state index contributed by atoms with van der Waals surface area (Å²) in [6.45, 7) is 4.58. The lowest BCUT2D eigenvalue weighted by atomic mass is 10.0. The molecule has 0 fully saturated rings. The largest absolute Gasteiger partial charge is 0.372 e. The molecule has 20 heavy (non-hydrogen) atoms. The van der Waals surface area contributed by atoms with Crippen molar-refractivity contribution in [1.29, 1.82) is 0 Å². The highest BCUT2D eigenvalue weighted by molar-refractivity contribution is 9.10. The number of pyridine rings is 1. The van der Waals surface area contributed by atoms with Crippen molar-refractivity contribution >= 4 is 21.6 Å². The van der Waals surface area contributed by atoms with Gasteiger partial charge in [-0.2, -0.15) is 0 Å². The molecule has 1 unspecified atom stereocenters. The lowest BCUT2D eigenvalue weighted by Gasteiger charge is -2.31. The highest BCUT2D eigenvalue weighted by Crippen LogP contribution is 2.31. The minimum absolute atomic E-state index is 0.138. The lowest BCUT2D eigenvalue weighted by Crippen LogP contribution is -2.30. The molecule has 2 heterocycles. The van der Waals surface area contributed by atoms with E-state index in [2.05, 4.69) is 57.0 Å². The Labute approximate surface area is 127 Å². The van der Waals surface area contributed by atoms with Crippen LogP contribution in [-0.4, -0.2) is 18.1 Å². The van der Waals surface area contributed by atoms with E-state index in [1.165, 1.54) is 11.1 Å². The Balaban J connectivity index is 1.99. The van der Waals surface area contributed by atoms with Crippen LogP contribution in [0.25, 0.3) is 0 Å². The molecule has 0 spiro atoms. The van der Waals surface area contributed by atoms with Crippen molar-refractivity contribution in [3.05, 3.63) is 58.3 Å². The molecule has 3 nitrogen and oxygen atoms in total. The predicted octanol–water partition coefficient (Wildman–Crippen LogP) is 3.94. The third-order valence-electron chi connectivity index (χ3n) is 3.68. The van der Waals surface area contributed by atoms with Crippen LogP contribution in [0.15, 0.2) is 47.2 Å². The van der Waals surface area contributed by atoms with E-state index in [1.54, 1.807) is 6.20 Å². The fourth-order valence-electron chi connectivity index (χ4n) is 2.58. The van der Waals surface area contributed by atoms with Gasteiger partial charge in [-0.05, 0) is 36.2 Å². The van der Waals surface area contributed by atoms with Crippen LogP contribution in [0.5, 0.6) is 0 Å². The van der Waals surface area contributed by atoms with Gasteiger partial charge in [-0.1, -0.05) is 28.1 Å². The van der Waals surface area contributed by atoms with E-state index in [-0.39, 0.29) is 6.10 Å². The fraction of sp³-hybridized carbons (Fsp3) is 0.312. The zero-order valence-corrected chi connectivity index (χ0v) is 13.0. The zero-order chi connectivity index (χ0) is 13.9. The Morgan fingerprint density at radius 2 is 2.20 bits per heavy atom. The van der Waals surface area contributed by atoms with E-state index in [0.29, 0.717) is 0 Å². The summed E-state index contributed by atoms with van der Waals surface area (Å²) in [4.78, 5) is 6.52. The minimum Gasteiger partial charge on any atom is -0.372 e. The van der Waals surface area contributed by atoms with Gasteiger partial charge in [0.15, 0.2) is 0 Å². The Hall–Kier alpha value is -1.39. The molecular formula is C16H17BrN2O. The number of aromatic nitrogens is 1. The summed E-state index contributed by atoms with van der Waals surface area (Å²) in [6.07, 6.45) is 3.84.